The second-order valence-electron chi connectivity index (χ2n) is 5.99. The monoisotopic (exact) mass is 402 g/mol. The Bertz CT molecular complexity index is 737. The molecule has 146 valence electrons. The van der Waals surface area contributed by atoms with Gasteiger partial charge >= 0.3 is 0 Å². The van der Waals surface area contributed by atoms with Gasteiger partial charge in [0.15, 0.2) is 0 Å². The Morgan fingerprint density at radius 3 is 2.65 bits per heavy atom. The molecular weight excluding hydrogens is 376 g/mol. The lowest BCUT2D eigenvalue weighted by Crippen LogP contribution is -2.36. The van der Waals surface area contributed by atoms with Crippen molar-refractivity contribution >= 4 is 34.2 Å². The van der Waals surface area contributed by atoms with Crippen LogP contribution in [-0.4, -0.2) is 46.3 Å². The molecule has 1 aromatic carbocycles. The number of carbonyl (C=O) groups excluding carboxylic acids is 1. The van der Waals surface area contributed by atoms with Crippen LogP contribution in [0.25, 0.3) is 0 Å². The Labute approximate surface area is 161 Å². The van der Waals surface area contributed by atoms with Crippen LogP contribution in [0.2, 0.25) is 0 Å². The van der Waals surface area contributed by atoms with Crippen LogP contribution in [-0.2, 0) is 14.8 Å². The highest BCUT2D eigenvalue weighted by Crippen LogP contribution is 2.23. The van der Waals surface area contributed by atoms with E-state index >= 15 is 0 Å². The molecule has 0 spiro atoms. The predicted molar refractivity (Wildman–Crippen MR) is 105 cm³/mol. The van der Waals surface area contributed by atoms with E-state index in [1.165, 1.54) is 0 Å². The number of sulfonamides is 1. The van der Waals surface area contributed by atoms with Crippen molar-refractivity contribution in [1.29, 1.82) is 0 Å². The molecule has 1 amide bonds. The van der Waals surface area contributed by atoms with Gasteiger partial charge in [0, 0.05) is 12.1 Å². The summed E-state index contributed by atoms with van der Waals surface area (Å²) in [6.45, 7) is 3.43. The molecule has 0 radical (unpaired) electrons. The maximum Gasteiger partial charge on any atom is 0.263 e. The summed E-state index contributed by atoms with van der Waals surface area (Å²) in [4.78, 5) is 17.1. The Morgan fingerprint density at radius 1 is 1.23 bits per heavy atom. The largest absolute Gasteiger partial charge is 0.354 e. The lowest BCUT2D eigenvalue weighted by Gasteiger charge is -2.14. The third-order valence-corrected chi connectivity index (χ3v) is 5.38. The van der Waals surface area contributed by atoms with Crippen LogP contribution >= 0.6 is 12.4 Å². The van der Waals surface area contributed by atoms with Gasteiger partial charge in [0.2, 0.25) is 5.91 Å². The number of amidine groups is 1. The topological polar surface area (TPSA) is 99.7 Å². The number of aliphatic imine (C=N–C) groups is 1. The Kier molecular flexibility index (Phi) is 9.04. The zero-order valence-electron chi connectivity index (χ0n) is 15.1. The number of nitrogens with one attached hydrogen (secondary N) is 3. The molecule has 1 aromatic rings. The minimum atomic E-state index is -3.59. The number of fused-ring (bicyclic) bond motifs is 1. The SMILES string of the molecule is CCCCC(N=C1NS(=O)(=O)c2ccccc21)C(=O)NCCCNC.Cl. The summed E-state index contributed by atoms with van der Waals surface area (Å²) in [5.74, 6) is 0.0858. The molecule has 0 aromatic heterocycles. The molecule has 9 heteroatoms. The zero-order chi connectivity index (χ0) is 18.3. The van der Waals surface area contributed by atoms with Crippen molar-refractivity contribution in [3.63, 3.8) is 0 Å². The number of rotatable bonds is 9. The van der Waals surface area contributed by atoms with Crippen LogP contribution in [0.4, 0.5) is 0 Å². The summed E-state index contributed by atoms with van der Waals surface area (Å²) >= 11 is 0. The number of nitrogens with zero attached hydrogens (tertiary/aromatic N) is 1. The van der Waals surface area contributed by atoms with Crippen molar-refractivity contribution < 1.29 is 13.2 Å². The molecule has 7 nitrogen and oxygen atoms in total. The lowest BCUT2D eigenvalue weighted by atomic mass is 10.1. The number of carbonyl (C=O) groups is 1. The maximum atomic E-state index is 12.5. The van der Waals surface area contributed by atoms with Crippen LogP contribution in [0.1, 0.15) is 38.2 Å². The van der Waals surface area contributed by atoms with Crippen molar-refractivity contribution in [1.82, 2.24) is 15.4 Å². The van der Waals surface area contributed by atoms with E-state index in [0.717, 1.165) is 25.8 Å². The van der Waals surface area contributed by atoms with Crippen molar-refractivity contribution in [2.24, 2.45) is 4.99 Å². The average Bonchev–Trinajstić information content (AvgIpc) is 2.86. The number of hydrogen-bond donors (Lipinski definition) is 3. The minimum absolute atomic E-state index is 0. The van der Waals surface area contributed by atoms with E-state index in [0.29, 0.717) is 18.5 Å². The van der Waals surface area contributed by atoms with Gasteiger partial charge in [-0.05, 0) is 38.6 Å². The fourth-order valence-electron chi connectivity index (χ4n) is 2.63. The minimum Gasteiger partial charge on any atom is -0.354 e. The van der Waals surface area contributed by atoms with E-state index in [1.54, 1.807) is 24.3 Å². The highest BCUT2D eigenvalue weighted by atomic mass is 35.5. The Hall–Kier alpha value is -1.64. The molecule has 0 fully saturated rings. The van der Waals surface area contributed by atoms with Gasteiger partial charge in [-0.25, -0.2) is 8.42 Å². The first-order chi connectivity index (χ1) is 12.0. The summed E-state index contributed by atoms with van der Waals surface area (Å²) < 4.78 is 26.8. The number of amides is 1. The summed E-state index contributed by atoms with van der Waals surface area (Å²) in [7, 11) is -1.73. The lowest BCUT2D eigenvalue weighted by molar-refractivity contribution is -0.122. The number of benzene rings is 1. The van der Waals surface area contributed by atoms with E-state index in [2.05, 4.69) is 20.3 Å². The highest BCUT2D eigenvalue weighted by Gasteiger charge is 2.31. The number of halogens is 1. The summed E-state index contributed by atoms with van der Waals surface area (Å²) in [5.41, 5.74) is 0.520. The van der Waals surface area contributed by atoms with Gasteiger partial charge in [-0.1, -0.05) is 31.9 Å². The van der Waals surface area contributed by atoms with Crippen LogP contribution in [0.3, 0.4) is 0 Å². The third-order valence-electron chi connectivity index (χ3n) is 3.98. The number of unbranched alkanes of at least 4 members (excludes halogenated alkanes) is 1. The fourth-order valence-corrected chi connectivity index (χ4v) is 3.87. The second kappa shape index (κ2) is 10.5. The fraction of sp³-hybridized carbons (Fsp3) is 0.529. The molecule has 1 aliphatic rings. The normalized spacial score (nSPS) is 17.1. The zero-order valence-corrected chi connectivity index (χ0v) is 16.8. The predicted octanol–water partition coefficient (Wildman–Crippen LogP) is 1.43. The quantitative estimate of drug-likeness (QED) is 0.544. The van der Waals surface area contributed by atoms with E-state index in [4.69, 9.17) is 0 Å². The van der Waals surface area contributed by atoms with Gasteiger partial charge in [0.05, 0.1) is 4.90 Å². The molecule has 1 heterocycles. The number of hydrogen-bond acceptors (Lipinski definition) is 5. The molecule has 0 bridgehead atoms. The highest BCUT2D eigenvalue weighted by molar-refractivity contribution is 7.90. The standard InChI is InChI=1S/C17H26N4O3S.ClH/c1-3-4-9-14(17(22)19-12-7-11-18-2)20-16-13-8-5-6-10-15(13)25(23,24)21-16;/h5-6,8,10,14,18H,3-4,7,9,11-12H2,1-2H3,(H,19,22)(H,20,21);1H. The molecule has 0 saturated carbocycles. The van der Waals surface area contributed by atoms with Gasteiger partial charge in [0.1, 0.15) is 11.9 Å². The van der Waals surface area contributed by atoms with Crippen molar-refractivity contribution in [3.05, 3.63) is 29.8 Å². The van der Waals surface area contributed by atoms with Crippen LogP contribution in [0, 0.1) is 0 Å². The van der Waals surface area contributed by atoms with Crippen molar-refractivity contribution in [3.8, 4) is 0 Å². The smallest absolute Gasteiger partial charge is 0.263 e. The molecular formula is C17H27ClN4O3S. The second-order valence-corrected chi connectivity index (χ2v) is 7.64. The van der Waals surface area contributed by atoms with Gasteiger partial charge in [0.25, 0.3) is 10.0 Å². The van der Waals surface area contributed by atoms with Crippen LogP contribution in [0.15, 0.2) is 34.2 Å². The van der Waals surface area contributed by atoms with E-state index in [9.17, 15) is 13.2 Å². The van der Waals surface area contributed by atoms with Crippen LogP contribution in [0.5, 0.6) is 0 Å². The first-order valence-corrected chi connectivity index (χ1v) is 10.1. The summed E-state index contributed by atoms with van der Waals surface area (Å²) in [6.07, 6.45) is 3.20. The van der Waals surface area contributed by atoms with Gasteiger partial charge in [-0.15, -0.1) is 12.4 Å². The van der Waals surface area contributed by atoms with Crippen LogP contribution < -0.4 is 15.4 Å². The Balaban J connectivity index is 0.00000338. The van der Waals surface area contributed by atoms with Gasteiger partial charge < -0.3 is 10.6 Å². The maximum absolute atomic E-state index is 12.5. The molecule has 1 aliphatic heterocycles. The van der Waals surface area contributed by atoms with Gasteiger partial charge in [-0.2, -0.15) is 0 Å². The van der Waals surface area contributed by atoms with E-state index < -0.39 is 16.1 Å². The van der Waals surface area contributed by atoms with Crippen molar-refractivity contribution in [2.45, 2.75) is 43.5 Å². The molecule has 3 N–H and O–H groups in total. The van der Waals surface area contributed by atoms with Gasteiger partial charge in [-0.3, -0.25) is 14.5 Å². The van der Waals surface area contributed by atoms with E-state index in [1.807, 2.05) is 14.0 Å². The average molecular weight is 403 g/mol. The molecule has 0 saturated heterocycles. The molecule has 1 atom stereocenters. The molecule has 26 heavy (non-hydrogen) atoms. The molecule has 2 rings (SSSR count). The molecule has 0 aliphatic carbocycles. The van der Waals surface area contributed by atoms with E-state index in [-0.39, 0.29) is 29.0 Å². The summed E-state index contributed by atoms with van der Waals surface area (Å²) in [5, 5.41) is 5.91. The first kappa shape index (κ1) is 22.4. The molecule has 1 unspecified atom stereocenters. The Morgan fingerprint density at radius 2 is 1.96 bits per heavy atom. The summed E-state index contributed by atoms with van der Waals surface area (Å²) in [6, 6.07) is 6.07. The third kappa shape index (κ3) is 5.69. The first-order valence-electron chi connectivity index (χ1n) is 8.62. The van der Waals surface area contributed by atoms with Crippen molar-refractivity contribution in [2.75, 3.05) is 20.1 Å².